The molecule has 3 aromatic heterocycles. The van der Waals surface area contributed by atoms with E-state index in [0.29, 0.717) is 11.3 Å². The van der Waals surface area contributed by atoms with Crippen molar-refractivity contribution < 1.29 is 15.0 Å². The van der Waals surface area contributed by atoms with Crippen molar-refractivity contribution >= 4 is 28.5 Å². The molecule has 0 spiro atoms. The van der Waals surface area contributed by atoms with Crippen molar-refractivity contribution in [2.75, 3.05) is 12.8 Å². The van der Waals surface area contributed by atoms with Crippen LogP contribution in [0.4, 0.5) is 5.82 Å². The Labute approximate surface area is 179 Å². The van der Waals surface area contributed by atoms with Crippen molar-refractivity contribution in [3.63, 3.8) is 0 Å². The number of nitrogens with zero attached hydrogens (tertiary/aromatic N) is 3. The molecule has 3 heterocycles. The van der Waals surface area contributed by atoms with Crippen molar-refractivity contribution in [3.8, 4) is 17.1 Å². The summed E-state index contributed by atoms with van der Waals surface area (Å²) in [6.07, 6.45) is 8.19. The van der Waals surface area contributed by atoms with Crippen LogP contribution in [-0.2, 0) is 4.79 Å². The summed E-state index contributed by atoms with van der Waals surface area (Å²) in [6, 6.07) is 7.38. The summed E-state index contributed by atoms with van der Waals surface area (Å²) in [6.45, 7) is 2.03. The second-order valence-corrected chi connectivity index (χ2v) is 8.32. The van der Waals surface area contributed by atoms with Crippen LogP contribution >= 0.6 is 0 Å². The molecule has 1 fully saturated rings. The number of anilines is 1. The molecule has 0 atom stereocenters. The van der Waals surface area contributed by atoms with E-state index in [-0.39, 0.29) is 17.1 Å². The number of H-pyrrole nitrogens is 1. The highest BCUT2D eigenvalue weighted by atomic mass is 16.3. The van der Waals surface area contributed by atoms with Crippen LogP contribution in [0.5, 0.6) is 5.75 Å². The van der Waals surface area contributed by atoms with E-state index < -0.39 is 0 Å². The molecule has 5 rings (SSSR count). The molecule has 8 nitrogen and oxygen atoms in total. The zero-order valence-corrected chi connectivity index (χ0v) is 17.7. The lowest BCUT2D eigenvalue weighted by atomic mass is 9.72. The van der Waals surface area contributed by atoms with Gasteiger partial charge in [-0.2, -0.15) is 0 Å². The zero-order chi connectivity index (χ0) is 22.2. The summed E-state index contributed by atoms with van der Waals surface area (Å²) < 4.78 is 2.03. The van der Waals surface area contributed by atoms with Gasteiger partial charge in [-0.1, -0.05) is 19.1 Å². The molecule has 0 bridgehead atoms. The Morgan fingerprint density at radius 2 is 2.03 bits per heavy atom. The molecule has 0 unspecified atom stereocenters. The highest BCUT2D eigenvalue weighted by Crippen LogP contribution is 2.43. The minimum Gasteiger partial charge on any atom is -0.506 e. The first-order valence-corrected chi connectivity index (χ1v) is 10.3. The summed E-state index contributed by atoms with van der Waals surface area (Å²) in [5.74, 6) is 1.81. The van der Waals surface area contributed by atoms with Crippen molar-refractivity contribution in [3.05, 3.63) is 42.5 Å². The number of aromatic amines is 1. The Balaban J connectivity index is 0.00000112. The van der Waals surface area contributed by atoms with Crippen LogP contribution < -0.4 is 5.73 Å². The molecule has 5 N–H and O–H groups in total. The average molecular weight is 422 g/mol. The molecular weight excluding hydrogens is 394 g/mol. The van der Waals surface area contributed by atoms with Gasteiger partial charge in [0.2, 0.25) is 0 Å². The second kappa shape index (κ2) is 8.03. The number of aldehydes is 1. The standard InChI is InChI=1S/C22H23N5O2.CH4O/c1-22(12-28)7-5-13(6-8-22)21-26-18(19-20(23)24-9-10-27(19)21)15-11-14-3-2-4-16(29)17(14)25-15;1-2/h2-4,9-13,25,29H,5-8H2,1H3,(H2,23,24);2H,1H3. The van der Waals surface area contributed by atoms with Gasteiger partial charge in [-0.05, 0) is 37.8 Å². The Morgan fingerprint density at radius 1 is 1.29 bits per heavy atom. The molecule has 4 aromatic rings. The van der Waals surface area contributed by atoms with E-state index in [1.54, 1.807) is 12.3 Å². The molecule has 162 valence electrons. The van der Waals surface area contributed by atoms with Gasteiger partial charge in [0.05, 0.1) is 11.2 Å². The van der Waals surface area contributed by atoms with Crippen molar-refractivity contribution in [2.24, 2.45) is 5.41 Å². The molecule has 31 heavy (non-hydrogen) atoms. The lowest BCUT2D eigenvalue weighted by Crippen LogP contribution is -2.25. The lowest BCUT2D eigenvalue weighted by Gasteiger charge is -2.32. The molecule has 1 aliphatic carbocycles. The Kier molecular flexibility index (Phi) is 5.41. The molecule has 0 saturated heterocycles. The Morgan fingerprint density at radius 3 is 2.71 bits per heavy atom. The number of hydrogen-bond acceptors (Lipinski definition) is 6. The van der Waals surface area contributed by atoms with Crippen molar-refractivity contribution in [1.29, 1.82) is 0 Å². The number of aliphatic hydroxyl groups excluding tert-OH is 1. The van der Waals surface area contributed by atoms with Gasteiger partial charge in [0.1, 0.15) is 34.9 Å². The number of aromatic nitrogens is 4. The van der Waals surface area contributed by atoms with E-state index in [9.17, 15) is 9.90 Å². The first kappa shape index (κ1) is 20.9. The van der Waals surface area contributed by atoms with Crippen molar-refractivity contribution in [2.45, 2.75) is 38.5 Å². The SMILES string of the molecule is CC1(C=O)CCC(c2nc(-c3cc4cccc(O)c4[nH]3)c3c(N)nccn23)CC1.CO. The van der Waals surface area contributed by atoms with Gasteiger partial charge in [0.25, 0.3) is 0 Å². The topological polar surface area (TPSA) is 130 Å². The van der Waals surface area contributed by atoms with Crippen LogP contribution in [0.25, 0.3) is 27.8 Å². The minimum atomic E-state index is -0.234. The number of nitrogen functional groups attached to an aromatic ring is 1. The minimum absolute atomic E-state index is 0.198. The van der Waals surface area contributed by atoms with E-state index in [0.717, 1.165) is 67.2 Å². The summed E-state index contributed by atoms with van der Waals surface area (Å²) in [5, 5.41) is 18.1. The first-order valence-electron chi connectivity index (χ1n) is 10.3. The van der Waals surface area contributed by atoms with Gasteiger partial charge in [-0.3, -0.25) is 4.40 Å². The number of carbonyl (C=O) groups is 1. The number of para-hydroxylation sites is 1. The number of imidazole rings is 1. The second-order valence-electron chi connectivity index (χ2n) is 8.32. The van der Waals surface area contributed by atoms with Crippen LogP contribution in [0, 0.1) is 5.41 Å². The normalized spacial score (nSPS) is 21.1. The lowest BCUT2D eigenvalue weighted by molar-refractivity contribution is -0.117. The third-order valence-corrected chi connectivity index (χ3v) is 6.28. The third kappa shape index (κ3) is 3.53. The molecule has 1 aromatic carbocycles. The smallest absolute Gasteiger partial charge is 0.150 e. The number of benzene rings is 1. The van der Waals surface area contributed by atoms with E-state index in [1.165, 1.54) is 0 Å². The number of nitrogens with two attached hydrogens (primary N) is 1. The number of nitrogens with one attached hydrogen (secondary N) is 1. The quantitative estimate of drug-likeness (QED) is 0.374. The number of rotatable bonds is 3. The van der Waals surface area contributed by atoms with E-state index in [4.69, 9.17) is 15.8 Å². The number of fused-ring (bicyclic) bond motifs is 2. The highest BCUT2D eigenvalue weighted by molar-refractivity contribution is 5.93. The van der Waals surface area contributed by atoms with Crippen LogP contribution in [0.2, 0.25) is 0 Å². The van der Waals surface area contributed by atoms with Gasteiger partial charge in [-0.25, -0.2) is 9.97 Å². The molecule has 1 aliphatic rings. The number of aromatic hydroxyl groups is 1. The molecule has 0 radical (unpaired) electrons. The predicted molar refractivity (Wildman–Crippen MR) is 120 cm³/mol. The van der Waals surface area contributed by atoms with Crippen LogP contribution in [-0.4, -0.2) is 43.0 Å². The van der Waals surface area contributed by atoms with Crippen LogP contribution in [0.3, 0.4) is 0 Å². The number of phenols is 1. The largest absolute Gasteiger partial charge is 0.506 e. The van der Waals surface area contributed by atoms with Crippen LogP contribution in [0.15, 0.2) is 36.7 Å². The molecule has 1 saturated carbocycles. The Hall–Kier alpha value is -3.39. The van der Waals surface area contributed by atoms with Crippen LogP contribution in [0.1, 0.15) is 44.3 Å². The fourth-order valence-corrected chi connectivity index (χ4v) is 4.48. The maximum absolute atomic E-state index is 11.4. The van der Waals surface area contributed by atoms with Gasteiger partial charge in [0.15, 0.2) is 0 Å². The van der Waals surface area contributed by atoms with Gasteiger partial charge in [-0.15, -0.1) is 0 Å². The maximum Gasteiger partial charge on any atom is 0.150 e. The number of carbonyl (C=O) groups excluding carboxylic acids is 1. The summed E-state index contributed by atoms with van der Waals surface area (Å²) in [5.41, 5.74) is 8.96. The van der Waals surface area contributed by atoms with E-state index in [2.05, 4.69) is 9.97 Å². The van der Waals surface area contributed by atoms with Crippen molar-refractivity contribution in [1.82, 2.24) is 19.4 Å². The Bertz CT molecular complexity index is 1230. The zero-order valence-electron chi connectivity index (χ0n) is 17.7. The van der Waals surface area contributed by atoms with E-state index in [1.807, 2.05) is 35.7 Å². The first-order chi connectivity index (χ1) is 15.0. The van der Waals surface area contributed by atoms with Gasteiger partial charge in [0, 0.05) is 36.2 Å². The maximum atomic E-state index is 11.4. The fourth-order valence-electron chi connectivity index (χ4n) is 4.48. The number of phenolic OH excluding ortho intramolecular Hbond substituents is 1. The molecule has 0 aliphatic heterocycles. The van der Waals surface area contributed by atoms with Gasteiger partial charge >= 0.3 is 0 Å². The summed E-state index contributed by atoms with van der Waals surface area (Å²) >= 11 is 0. The highest BCUT2D eigenvalue weighted by Gasteiger charge is 2.34. The number of hydrogen-bond donors (Lipinski definition) is 4. The average Bonchev–Trinajstić information content (AvgIpc) is 3.39. The van der Waals surface area contributed by atoms with Gasteiger partial charge < -0.3 is 25.7 Å². The fraction of sp³-hybridized carbons (Fsp3) is 0.348. The number of aliphatic hydroxyl groups is 1. The van der Waals surface area contributed by atoms with E-state index >= 15 is 0 Å². The molecule has 8 heteroatoms. The third-order valence-electron chi connectivity index (χ3n) is 6.28. The predicted octanol–water partition coefficient (Wildman–Crippen LogP) is 3.64. The molecule has 0 amide bonds. The monoisotopic (exact) mass is 421 g/mol. The summed E-state index contributed by atoms with van der Waals surface area (Å²) in [7, 11) is 1.00. The molecular formula is C23H27N5O3. The summed E-state index contributed by atoms with van der Waals surface area (Å²) in [4.78, 5) is 23.9.